The van der Waals surface area contributed by atoms with Crippen molar-refractivity contribution < 1.29 is 14.3 Å². The molecule has 3 rings (SSSR count). The highest BCUT2D eigenvalue weighted by molar-refractivity contribution is 7.13. The molecule has 1 N–H and O–H groups in total. The van der Waals surface area contributed by atoms with Gasteiger partial charge >= 0.3 is 5.97 Å². The number of anilines is 1. The zero-order chi connectivity index (χ0) is 18.4. The van der Waals surface area contributed by atoms with Gasteiger partial charge in [0.25, 0.3) is 5.91 Å². The van der Waals surface area contributed by atoms with Gasteiger partial charge in [0.2, 0.25) is 0 Å². The Hall–Kier alpha value is -3.06. The van der Waals surface area contributed by atoms with Crippen LogP contribution < -0.4 is 5.32 Å². The number of nitrogens with one attached hydrogen (secondary N) is 1. The third-order valence-corrected chi connectivity index (χ3v) is 4.37. The van der Waals surface area contributed by atoms with E-state index >= 15 is 0 Å². The summed E-state index contributed by atoms with van der Waals surface area (Å²) in [6.45, 7) is 1.63. The van der Waals surface area contributed by atoms with Crippen molar-refractivity contribution in [3.8, 4) is 10.7 Å². The second kappa shape index (κ2) is 8.35. The van der Waals surface area contributed by atoms with Crippen molar-refractivity contribution in [1.29, 1.82) is 0 Å². The standard InChI is InChI=1S/C19H17N3O3S/c1-13-5-7-14(8-6-13)21-17(23)11-25-18(24)10-15-12-26-19(22-15)16-4-2-3-9-20-16/h2-9,12H,10-11H2,1H3,(H,21,23). The smallest absolute Gasteiger partial charge is 0.312 e. The third kappa shape index (κ3) is 4.97. The molecule has 0 fully saturated rings. The Balaban J connectivity index is 1.47. The van der Waals surface area contributed by atoms with Crippen LogP contribution in [-0.4, -0.2) is 28.5 Å². The number of hydrogen-bond donors (Lipinski definition) is 1. The van der Waals surface area contributed by atoms with Crippen LogP contribution in [0.15, 0.2) is 54.0 Å². The first-order valence-electron chi connectivity index (χ1n) is 7.98. The second-order valence-corrected chi connectivity index (χ2v) is 6.47. The average molecular weight is 367 g/mol. The molecule has 0 unspecified atom stereocenters. The summed E-state index contributed by atoms with van der Waals surface area (Å²) in [5, 5.41) is 5.21. The van der Waals surface area contributed by atoms with Gasteiger partial charge in [-0.05, 0) is 31.2 Å². The predicted octanol–water partition coefficient (Wildman–Crippen LogP) is 3.24. The minimum atomic E-state index is -0.498. The number of thiazole rings is 1. The number of nitrogens with zero attached hydrogens (tertiary/aromatic N) is 2. The van der Waals surface area contributed by atoms with Crippen LogP contribution in [-0.2, 0) is 20.7 Å². The fourth-order valence-corrected chi connectivity index (χ4v) is 2.97. The third-order valence-electron chi connectivity index (χ3n) is 3.46. The Morgan fingerprint density at radius 1 is 1.15 bits per heavy atom. The monoisotopic (exact) mass is 367 g/mol. The SMILES string of the molecule is Cc1ccc(NC(=O)COC(=O)Cc2csc(-c3ccccn3)n2)cc1. The summed E-state index contributed by atoms with van der Waals surface area (Å²) in [7, 11) is 0. The summed E-state index contributed by atoms with van der Waals surface area (Å²) in [5.41, 5.74) is 3.12. The molecule has 1 amide bonds. The number of pyridine rings is 1. The maximum Gasteiger partial charge on any atom is 0.312 e. The van der Waals surface area contributed by atoms with Crippen molar-refractivity contribution in [3.05, 3.63) is 65.3 Å². The number of carbonyl (C=O) groups excluding carboxylic acids is 2. The molecule has 6 nitrogen and oxygen atoms in total. The fourth-order valence-electron chi connectivity index (χ4n) is 2.17. The van der Waals surface area contributed by atoms with Gasteiger partial charge in [-0.3, -0.25) is 14.6 Å². The Kier molecular flexibility index (Phi) is 5.70. The first kappa shape index (κ1) is 17.8. The molecule has 7 heteroatoms. The van der Waals surface area contributed by atoms with E-state index in [0.717, 1.165) is 16.3 Å². The number of esters is 1. The van der Waals surface area contributed by atoms with E-state index in [-0.39, 0.29) is 18.9 Å². The molecule has 0 bridgehead atoms. The molecule has 132 valence electrons. The van der Waals surface area contributed by atoms with Crippen molar-refractivity contribution in [2.75, 3.05) is 11.9 Å². The first-order chi connectivity index (χ1) is 12.6. The van der Waals surface area contributed by atoms with Gasteiger partial charge in [-0.25, -0.2) is 4.98 Å². The van der Waals surface area contributed by atoms with Gasteiger partial charge in [-0.2, -0.15) is 0 Å². The van der Waals surface area contributed by atoms with Crippen molar-refractivity contribution >= 4 is 28.9 Å². The van der Waals surface area contributed by atoms with Crippen LogP contribution in [0, 0.1) is 6.92 Å². The summed E-state index contributed by atoms with van der Waals surface area (Å²) in [5.74, 6) is -0.878. The van der Waals surface area contributed by atoms with E-state index in [9.17, 15) is 9.59 Å². The maximum atomic E-state index is 11.9. The second-order valence-electron chi connectivity index (χ2n) is 5.61. The summed E-state index contributed by atoms with van der Waals surface area (Å²) >= 11 is 1.41. The van der Waals surface area contributed by atoms with Gasteiger partial charge < -0.3 is 10.1 Å². The topological polar surface area (TPSA) is 81.2 Å². The van der Waals surface area contributed by atoms with Crippen molar-refractivity contribution in [3.63, 3.8) is 0 Å². The summed E-state index contributed by atoms with van der Waals surface area (Å²) in [4.78, 5) is 32.3. The van der Waals surface area contributed by atoms with Crippen molar-refractivity contribution in [2.45, 2.75) is 13.3 Å². The molecule has 3 aromatic rings. The Morgan fingerprint density at radius 3 is 2.69 bits per heavy atom. The van der Waals surface area contributed by atoms with Gasteiger partial charge in [-0.15, -0.1) is 11.3 Å². The molecule has 0 saturated heterocycles. The minimum Gasteiger partial charge on any atom is -0.455 e. The van der Waals surface area contributed by atoms with Crippen LogP contribution >= 0.6 is 11.3 Å². The molecule has 0 aliphatic heterocycles. The van der Waals surface area contributed by atoms with E-state index in [4.69, 9.17) is 4.74 Å². The van der Waals surface area contributed by atoms with Gasteiger partial charge in [0.05, 0.1) is 17.8 Å². The number of rotatable bonds is 6. The lowest BCUT2D eigenvalue weighted by atomic mass is 10.2. The fraction of sp³-hybridized carbons (Fsp3) is 0.158. The van der Waals surface area contributed by atoms with Crippen LogP contribution in [0.2, 0.25) is 0 Å². The van der Waals surface area contributed by atoms with Crippen molar-refractivity contribution in [2.24, 2.45) is 0 Å². The lowest BCUT2D eigenvalue weighted by Crippen LogP contribution is -2.21. The van der Waals surface area contributed by atoms with Gasteiger partial charge in [0.1, 0.15) is 5.01 Å². The zero-order valence-corrected chi connectivity index (χ0v) is 15.0. The number of hydrogen-bond acceptors (Lipinski definition) is 6. The van der Waals surface area contributed by atoms with E-state index in [2.05, 4.69) is 15.3 Å². The molecular weight excluding hydrogens is 350 g/mol. The van der Waals surface area contributed by atoms with Crippen LogP contribution in [0.3, 0.4) is 0 Å². The van der Waals surface area contributed by atoms with E-state index in [1.54, 1.807) is 23.7 Å². The molecule has 2 heterocycles. The largest absolute Gasteiger partial charge is 0.455 e. The minimum absolute atomic E-state index is 0.0150. The van der Waals surface area contributed by atoms with E-state index in [1.165, 1.54) is 11.3 Å². The van der Waals surface area contributed by atoms with Crippen molar-refractivity contribution in [1.82, 2.24) is 9.97 Å². The Labute approximate surface area is 154 Å². The quantitative estimate of drug-likeness (QED) is 0.677. The number of carbonyl (C=O) groups is 2. The molecule has 0 aliphatic carbocycles. The molecule has 0 atom stereocenters. The highest BCUT2D eigenvalue weighted by Gasteiger charge is 2.12. The summed E-state index contributed by atoms with van der Waals surface area (Å²) in [6, 6.07) is 12.9. The first-order valence-corrected chi connectivity index (χ1v) is 8.86. The molecule has 0 aliphatic rings. The highest BCUT2D eigenvalue weighted by atomic mass is 32.1. The van der Waals surface area contributed by atoms with Gasteiger partial charge in [0, 0.05) is 17.3 Å². The van der Waals surface area contributed by atoms with E-state index in [1.807, 2.05) is 37.3 Å². The molecule has 1 aromatic carbocycles. The zero-order valence-electron chi connectivity index (χ0n) is 14.1. The van der Waals surface area contributed by atoms with Gasteiger partial charge in [0.15, 0.2) is 6.61 Å². The number of benzene rings is 1. The van der Waals surface area contributed by atoms with Crippen LogP contribution in [0.1, 0.15) is 11.3 Å². The van der Waals surface area contributed by atoms with E-state index in [0.29, 0.717) is 11.4 Å². The molecule has 0 saturated carbocycles. The Morgan fingerprint density at radius 2 is 1.96 bits per heavy atom. The van der Waals surface area contributed by atoms with E-state index < -0.39 is 5.97 Å². The molecule has 0 spiro atoms. The van der Waals surface area contributed by atoms with Crippen LogP contribution in [0.5, 0.6) is 0 Å². The average Bonchev–Trinajstić information content (AvgIpc) is 3.11. The summed E-state index contributed by atoms with van der Waals surface area (Å²) < 4.78 is 5.02. The van der Waals surface area contributed by atoms with Crippen LogP contribution in [0.25, 0.3) is 10.7 Å². The molecular formula is C19H17N3O3S. The predicted molar refractivity (Wildman–Crippen MR) is 99.8 cm³/mol. The normalized spacial score (nSPS) is 10.3. The number of amides is 1. The lowest BCUT2D eigenvalue weighted by molar-refractivity contribution is -0.146. The number of ether oxygens (including phenoxy) is 1. The molecule has 0 radical (unpaired) electrons. The van der Waals surface area contributed by atoms with Gasteiger partial charge in [-0.1, -0.05) is 23.8 Å². The number of aromatic nitrogens is 2. The highest BCUT2D eigenvalue weighted by Crippen LogP contribution is 2.21. The van der Waals surface area contributed by atoms with Crippen LogP contribution in [0.4, 0.5) is 5.69 Å². The summed E-state index contributed by atoms with van der Waals surface area (Å²) in [6.07, 6.45) is 1.71. The molecule has 2 aromatic heterocycles. The lowest BCUT2D eigenvalue weighted by Gasteiger charge is -2.06. The molecule has 26 heavy (non-hydrogen) atoms. The Bertz CT molecular complexity index is 892. The maximum absolute atomic E-state index is 11.9. The number of aryl methyl sites for hydroxylation is 1.